The second-order valence-electron chi connectivity index (χ2n) is 6.83. The number of benzene rings is 1. The van der Waals surface area contributed by atoms with Crippen LogP contribution in [0.4, 0.5) is 0 Å². The molecule has 24 heavy (non-hydrogen) atoms. The van der Waals surface area contributed by atoms with Crippen molar-refractivity contribution in [2.75, 3.05) is 13.1 Å². The molecular formula is C18H22N4O2. The monoisotopic (exact) mass is 326 g/mol. The first-order valence-corrected chi connectivity index (χ1v) is 8.64. The smallest absolute Gasteiger partial charge is 0.235 e. The number of carbonyl (C=O) groups is 2. The van der Waals surface area contributed by atoms with E-state index >= 15 is 0 Å². The number of carbonyl (C=O) groups excluding carboxylic acids is 2. The molecule has 0 bridgehead atoms. The third kappa shape index (κ3) is 2.60. The summed E-state index contributed by atoms with van der Waals surface area (Å²) in [6, 6.07) is 6.46. The normalized spacial score (nSPS) is 25.0. The van der Waals surface area contributed by atoms with Gasteiger partial charge in [0, 0.05) is 25.4 Å². The molecule has 0 radical (unpaired) electrons. The number of amides is 2. The van der Waals surface area contributed by atoms with Crippen molar-refractivity contribution in [1.82, 2.24) is 20.4 Å². The van der Waals surface area contributed by atoms with Gasteiger partial charge in [-0.05, 0) is 43.4 Å². The van der Waals surface area contributed by atoms with Crippen LogP contribution >= 0.6 is 0 Å². The summed E-state index contributed by atoms with van der Waals surface area (Å²) < 4.78 is 1.86. The highest BCUT2D eigenvalue weighted by Crippen LogP contribution is 2.32. The van der Waals surface area contributed by atoms with E-state index in [0.717, 1.165) is 29.7 Å². The average Bonchev–Trinajstić information content (AvgIpc) is 2.92. The molecule has 3 heterocycles. The molecule has 6 nitrogen and oxygen atoms in total. The highest BCUT2D eigenvalue weighted by atomic mass is 16.2. The highest BCUT2D eigenvalue weighted by Gasteiger charge is 2.31. The lowest BCUT2D eigenvalue weighted by atomic mass is 9.89. The van der Waals surface area contributed by atoms with Crippen molar-refractivity contribution in [1.29, 1.82) is 0 Å². The summed E-state index contributed by atoms with van der Waals surface area (Å²) in [7, 11) is 1.92. The Hall–Kier alpha value is -2.21. The molecule has 1 aromatic carbocycles. The summed E-state index contributed by atoms with van der Waals surface area (Å²) in [6.45, 7) is 2.12. The Labute approximate surface area is 140 Å². The Bertz CT molecular complexity index is 805. The number of hydrogen-bond donors (Lipinski definition) is 2. The lowest BCUT2D eigenvalue weighted by molar-refractivity contribution is -0.134. The molecule has 4 rings (SSSR count). The van der Waals surface area contributed by atoms with Crippen LogP contribution in [0.3, 0.4) is 0 Å². The van der Waals surface area contributed by atoms with Crippen LogP contribution < -0.4 is 10.6 Å². The largest absolute Gasteiger partial charge is 0.316 e. The van der Waals surface area contributed by atoms with Crippen LogP contribution in [0.1, 0.15) is 48.8 Å². The van der Waals surface area contributed by atoms with E-state index in [0.29, 0.717) is 18.8 Å². The first-order valence-electron chi connectivity index (χ1n) is 8.64. The van der Waals surface area contributed by atoms with Crippen LogP contribution in [0.5, 0.6) is 0 Å². The molecule has 2 N–H and O–H groups in total. The van der Waals surface area contributed by atoms with Gasteiger partial charge in [-0.3, -0.25) is 19.6 Å². The standard InChI is InChI=1S/C18H22N4O2/c1-22-15-9-11(12-3-2-8-19-10-12)4-5-13(15)17(21-22)14-6-7-16(23)20-18(14)24/h4-5,9,12,14,19H,2-3,6-8,10H2,1H3,(H,20,23,24)/t12-,14?/m1/s1. The van der Waals surface area contributed by atoms with Crippen LogP contribution in [0.25, 0.3) is 10.9 Å². The Morgan fingerprint density at radius 3 is 2.88 bits per heavy atom. The molecule has 2 fully saturated rings. The van der Waals surface area contributed by atoms with Crippen molar-refractivity contribution in [3.63, 3.8) is 0 Å². The number of imide groups is 1. The molecule has 6 heteroatoms. The number of aromatic nitrogens is 2. The van der Waals surface area contributed by atoms with Gasteiger partial charge in [0.15, 0.2) is 0 Å². The molecule has 1 aromatic heterocycles. The van der Waals surface area contributed by atoms with Gasteiger partial charge in [-0.1, -0.05) is 12.1 Å². The molecule has 126 valence electrons. The summed E-state index contributed by atoms with van der Waals surface area (Å²) in [5.41, 5.74) is 3.16. The Balaban J connectivity index is 1.71. The Kier molecular flexibility index (Phi) is 3.84. The number of nitrogens with one attached hydrogen (secondary N) is 2. The van der Waals surface area contributed by atoms with Crippen LogP contribution in [-0.4, -0.2) is 34.7 Å². The van der Waals surface area contributed by atoms with Gasteiger partial charge in [0.25, 0.3) is 0 Å². The van der Waals surface area contributed by atoms with Crippen molar-refractivity contribution in [2.45, 2.75) is 37.5 Å². The van der Waals surface area contributed by atoms with E-state index in [1.807, 2.05) is 11.7 Å². The second-order valence-corrected chi connectivity index (χ2v) is 6.83. The molecule has 0 saturated carbocycles. The Morgan fingerprint density at radius 1 is 1.25 bits per heavy atom. The van der Waals surface area contributed by atoms with E-state index in [4.69, 9.17) is 0 Å². The zero-order chi connectivity index (χ0) is 16.7. The van der Waals surface area contributed by atoms with Crippen LogP contribution in [-0.2, 0) is 16.6 Å². The third-order valence-electron chi connectivity index (χ3n) is 5.24. The first-order chi connectivity index (χ1) is 11.6. The quantitative estimate of drug-likeness (QED) is 0.821. The SMILES string of the molecule is Cn1nc(C2CCC(=O)NC2=O)c2ccc([C@@H]3CCCNC3)cc21. The lowest BCUT2D eigenvalue weighted by Crippen LogP contribution is -2.39. The zero-order valence-corrected chi connectivity index (χ0v) is 13.8. The summed E-state index contributed by atoms with van der Waals surface area (Å²) in [5, 5.41) is 11.5. The first kappa shape index (κ1) is 15.3. The number of aryl methyl sites for hydroxylation is 1. The molecule has 2 saturated heterocycles. The van der Waals surface area contributed by atoms with Gasteiger partial charge in [0.1, 0.15) is 0 Å². The van der Waals surface area contributed by atoms with Gasteiger partial charge >= 0.3 is 0 Å². The van der Waals surface area contributed by atoms with Crippen molar-refractivity contribution < 1.29 is 9.59 Å². The van der Waals surface area contributed by atoms with Crippen molar-refractivity contribution in [3.05, 3.63) is 29.5 Å². The minimum Gasteiger partial charge on any atom is -0.316 e. The predicted molar refractivity (Wildman–Crippen MR) is 90.7 cm³/mol. The Morgan fingerprint density at radius 2 is 2.12 bits per heavy atom. The minimum absolute atomic E-state index is 0.191. The fraction of sp³-hybridized carbons (Fsp3) is 0.500. The molecule has 2 atom stereocenters. The highest BCUT2D eigenvalue weighted by molar-refractivity contribution is 6.02. The zero-order valence-electron chi connectivity index (χ0n) is 13.8. The molecule has 0 spiro atoms. The summed E-state index contributed by atoms with van der Waals surface area (Å²) in [4.78, 5) is 23.6. The molecule has 0 aliphatic carbocycles. The van der Waals surface area contributed by atoms with Crippen LogP contribution in [0.15, 0.2) is 18.2 Å². The van der Waals surface area contributed by atoms with E-state index < -0.39 is 0 Å². The molecule has 2 aromatic rings. The number of piperidine rings is 2. The maximum absolute atomic E-state index is 12.2. The molecule has 2 amide bonds. The van der Waals surface area contributed by atoms with Gasteiger partial charge in [0.05, 0.1) is 17.1 Å². The minimum atomic E-state index is -0.339. The van der Waals surface area contributed by atoms with E-state index in [2.05, 4.69) is 33.9 Å². The summed E-state index contributed by atoms with van der Waals surface area (Å²) in [6.07, 6.45) is 3.32. The van der Waals surface area contributed by atoms with E-state index in [1.54, 1.807) is 0 Å². The van der Waals surface area contributed by atoms with Crippen molar-refractivity contribution in [2.24, 2.45) is 7.05 Å². The average molecular weight is 326 g/mol. The molecular weight excluding hydrogens is 304 g/mol. The predicted octanol–water partition coefficient (Wildman–Crippen LogP) is 1.56. The second kappa shape index (κ2) is 6.02. The van der Waals surface area contributed by atoms with Gasteiger partial charge in [-0.15, -0.1) is 0 Å². The van der Waals surface area contributed by atoms with Crippen molar-refractivity contribution >= 4 is 22.7 Å². The van der Waals surface area contributed by atoms with Gasteiger partial charge in [-0.2, -0.15) is 5.10 Å². The van der Waals surface area contributed by atoms with E-state index in [1.165, 1.54) is 18.4 Å². The number of rotatable bonds is 2. The van der Waals surface area contributed by atoms with E-state index in [-0.39, 0.29) is 17.7 Å². The summed E-state index contributed by atoms with van der Waals surface area (Å²) in [5.74, 6) is -0.221. The summed E-state index contributed by atoms with van der Waals surface area (Å²) >= 11 is 0. The lowest BCUT2D eigenvalue weighted by Gasteiger charge is -2.23. The number of nitrogens with zero attached hydrogens (tertiary/aromatic N) is 2. The number of fused-ring (bicyclic) bond motifs is 1. The van der Waals surface area contributed by atoms with Crippen molar-refractivity contribution in [3.8, 4) is 0 Å². The fourth-order valence-corrected chi connectivity index (χ4v) is 3.90. The third-order valence-corrected chi connectivity index (χ3v) is 5.24. The maximum atomic E-state index is 12.2. The van der Waals surface area contributed by atoms with Gasteiger partial charge < -0.3 is 5.32 Å². The molecule has 2 aliphatic heterocycles. The van der Waals surface area contributed by atoms with Gasteiger partial charge in [0.2, 0.25) is 11.8 Å². The molecule has 2 aliphatic rings. The van der Waals surface area contributed by atoms with E-state index in [9.17, 15) is 9.59 Å². The molecule has 1 unspecified atom stereocenters. The number of hydrogen-bond acceptors (Lipinski definition) is 4. The van der Waals surface area contributed by atoms with Gasteiger partial charge in [-0.25, -0.2) is 0 Å². The fourth-order valence-electron chi connectivity index (χ4n) is 3.90. The van der Waals surface area contributed by atoms with Crippen LogP contribution in [0.2, 0.25) is 0 Å². The van der Waals surface area contributed by atoms with Crippen LogP contribution in [0, 0.1) is 0 Å². The topological polar surface area (TPSA) is 76.0 Å². The maximum Gasteiger partial charge on any atom is 0.235 e.